The minimum Gasteiger partial charge on any atom is -0.876 e. The van der Waals surface area contributed by atoms with E-state index in [0.717, 1.165) is 6.42 Å². The summed E-state index contributed by atoms with van der Waals surface area (Å²) in [5.41, 5.74) is 2.84. The van der Waals surface area contributed by atoms with Crippen LogP contribution in [0.5, 0.6) is 0 Å². The van der Waals surface area contributed by atoms with E-state index >= 15 is 0 Å². The van der Waals surface area contributed by atoms with Gasteiger partial charge in [0.25, 0.3) is 0 Å². The van der Waals surface area contributed by atoms with E-state index in [1.54, 1.807) is 0 Å². The lowest BCUT2D eigenvalue weighted by molar-refractivity contribution is -0.300. The summed E-state index contributed by atoms with van der Waals surface area (Å²) >= 11 is 0. The van der Waals surface area contributed by atoms with E-state index in [-0.39, 0.29) is 5.76 Å². The Morgan fingerprint density at radius 3 is 2.62 bits per heavy atom. The fourth-order valence-corrected chi connectivity index (χ4v) is 1.20. The van der Waals surface area contributed by atoms with Gasteiger partial charge in [0, 0.05) is 0 Å². The molecule has 0 fully saturated rings. The summed E-state index contributed by atoms with van der Waals surface area (Å²) < 4.78 is 0. The van der Waals surface area contributed by atoms with Crippen LogP contribution in [0, 0.1) is 0 Å². The molecule has 0 spiro atoms. The van der Waals surface area contributed by atoms with Gasteiger partial charge in [-0.05, 0) is 17.5 Å². The van der Waals surface area contributed by atoms with E-state index in [0.29, 0.717) is 0 Å². The van der Waals surface area contributed by atoms with Crippen LogP contribution in [0.25, 0.3) is 6.08 Å². The van der Waals surface area contributed by atoms with Crippen molar-refractivity contribution < 1.29 is 5.11 Å². The highest BCUT2D eigenvalue weighted by Gasteiger charge is 2.00. The molecule has 0 amide bonds. The van der Waals surface area contributed by atoms with Gasteiger partial charge in [-0.3, -0.25) is 0 Å². The maximum Gasteiger partial charge on any atom is -0.00882 e. The summed E-state index contributed by atoms with van der Waals surface area (Å²) in [6.07, 6.45) is 5.50. The van der Waals surface area contributed by atoms with Gasteiger partial charge in [-0.1, -0.05) is 43.3 Å². The summed E-state index contributed by atoms with van der Waals surface area (Å²) in [7, 11) is 0. The zero-order chi connectivity index (χ0) is 9.68. The molecule has 13 heavy (non-hydrogen) atoms. The molecule has 1 aliphatic carbocycles. The first kappa shape index (κ1) is 9.59. The van der Waals surface area contributed by atoms with Crippen LogP contribution in [0.4, 0.5) is 0 Å². The van der Waals surface area contributed by atoms with E-state index in [2.05, 4.69) is 43.0 Å². The maximum atomic E-state index is 9.33. The van der Waals surface area contributed by atoms with Crippen LogP contribution in [0.2, 0.25) is 0 Å². The number of hydrogen-bond donors (Lipinski definition) is 0. The van der Waals surface area contributed by atoms with Crippen molar-refractivity contribution in [3.8, 4) is 0 Å². The number of hydrogen-bond acceptors (Lipinski definition) is 1. The fourth-order valence-electron chi connectivity index (χ4n) is 1.20. The van der Waals surface area contributed by atoms with Gasteiger partial charge >= 0.3 is 0 Å². The highest BCUT2D eigenvalue weighted by molar-refractivity contribution is 5.59. The van der Waals surface area contributed by atoms with Crippen molar-refractivity contribution in [2.45, 2.75) is 13.3 Å². The van der Waals surface area contributed by atoms with E-state index < -0.39 is 0 Å². The van der Waals surface area contributed by atoms with E-state index in [9.17, 15) is 5.11 Å². The summed E-state index contributed by atoms with van der Waals surface area (Å²) in [5.74, 6) is -0.0833. The van der Waals surface area contributed by atoms with Crippen LogP contribution in [-0.2, 0) is 6.42 Å². The minimum absolute atomic E-state index is 0.0833. The summed E-state index contributed by atoms with van der Waals surface area (Å²) in [6, 6.07) is 8.49. The van der Waals surface area contributed by atoms with Crippen LogP contribution < -0.4 is 5.11 Å². The first-order valence-electron chi connectivity index (χ1n) is 4.27. The molecule has 0 N–H and O–H groups in total. The lowest BCUT2D eigenvalue weighted by Gasteiger charge is -1.93. The largest absolute Gasteiger partial charge is 0.876 e. The van der Waals surface area contributed by atoms with Crippen LogP contribution in [0.1, 0.15) is 18.1 Å². The summed E-state index contributed by atoms with van der Waals surface area (Å²) in [4.78, 5) is 0. The lowest BCUT2D eigenvalue weighted by Crippen LogP contribution is -1.92. The van der Waals surface area contributed by atoms with Crippen molar-refractivity contribution in [2.24, 2.45) is 0 Å². The molecule has 0 heterocycles. The van der Waals surface area contributed by atoms with E-state index in [4.69, 9.17) is 0 Å². The molecule has 1 aromatic rings. The SMILES string of the molecule is C1=Cc2ccccc2C1.C=C(C)[O-]. The molecule has 0 saturated heterocycles. The van der Waals surface area contributed by atoms with Gasteiger partial charge in [0.1, 0.15) is 0 Å². The Labute approximate surface area is 79.0 Å². The van der Waals surface area contributed by atoms with Crippen molar-refractivity contribution in [2.75, 3.05) is 0 Å². The van der Waals surface area contributed by atoms with Crippen LogP contribution >= 0.6 is 0 Å². The van der Waals surface area contributed by atoms with Crippen molar-refractivity contribution in [1.29, 1.82) is 0 Å². The Bertz CT molecular complexity index is 320. The number of fused-ring (bicyclic) bond motifs is 1. The lowest BCUT2D eigenvalue weighted by atomic mass is 10.1. The van der Waals surface area contributed by atoms with Crippen molar-refractivity contribution >= 4 is 6.08 Å². The monoisotopic (exact) mass is 173 g/mol. The van der Waals surface area contributed by atoms with Crippen LogP contribution in [0.15, 0.2) is 42.7 Å². The number of allylic oxidation sites excluding steroid dienone is 2. The Morgan fingerprint density at radius 2 is 2.00 bits per heavy atom. The minimum atomic E-state index is -0.0833. The Balaban J connectivity index is 0.000000184. The Morgan fingerprint density at radius 1 is 1.38 bits per heavy atom. The van der Waals surface area contributed by atoms with Crippen LogP contribution in [-0.4, -0.2) is 0 Å². The van der Waals surface area contributed by atoms with Crippen molar-refractivity contribution in [3.63, 3.8) is 0 Å². The average Bonchev–Trinajstić information content (AvgIpc) is 2.49. The summed E-state index contributed by atoms with van der Waals surface area (Å²) in [6.45, 7) is 4.42. The van der Waals surface area contributed by atoms with Gasteiger partial charge in [0.2, 0.25) is 0 Å². The predicted octanol–water partition coefficient (Wildman–Crippen LogP) is 2.14. The Hall–Kier alpha value is -1.50. The molecule has 1 aromatic carbocycles. The zero-order valence-corrected chi connectivity index (χ0v) is 7.79. The molecule has 0 saturated carbocycles. The van der Waals surface area contributed by atoms with E-state index in [1.165, 1.54) is 18.1 Å². The first-order valence-corrected chi connectivity index (χ1v) is 4.27. The molecule has 0 aliphatic heterocycles. The highest BCUT2D eigenvalue weighted by Crippen LogP contribution is 2.17. The third-order valence-corrected chi connectivity index (χ3v) is 1.69. The van der Waals surface area contributed by atoms with Crippen LogP contribution in [0.3, 0.4) is 0 Å². The zero-order valence-electron chi connectivity index (χ0n) is 7.79. The third kappa shape index (κ3) is 3.16. The van der Waals surface area contributed by atoms with Gasteiger partial charge in [-0.15, -0.1) is 12.3 Å². The molecule has 1 nitrogen and oxygen atoms in total. The second-order valence-electron chi connectivity index (χ2n) is 3.01. The molecule has 68 valence electrons. The maximum absolute atomic E-state index is 9.33. The summed E-state index contributed by atoms with van der Waals surface area (Å²) in [5, 5.41) is 9.33. The average molecular weight is 173 g/mol. The molecule has 1 aliphatic rings. The van der Waals surface area contributed by atoms with Gasteiger partial charge in [-0.2, -0.15) is 0 Å². The van der Waals surface area contributed by atoms with Crippen molar-refractivity contribution in [3.05, 3.63) is 53.8 Å². The molecular weight excluding hydrogens is 160 g/mol. The third-order valence-electron chi connectivity index (χ3n) is 1.69. The fraction of sp³-hybridized carbons (Fsp3) is 0.167. The number of benzene rings is 1. The molecule has 0 bridgehead atoms. The van der Waals surface area contributed by atoms with Crippen molar-refractivity contribution in [1.82, 2.24) is 0 Å². The molecule has 0 atom stereocenters. The molecule has 1 heteroatoms. The van der Waals surface area contributed by atoms with Gasteiger partial charge in [-0.25, -0.2) is 0 Å². The molecule has 0 aromatic heterocycles. The quantitative estimate of drug-likeness (QED) is 0.551. The molecule has 0 radical (unpaired) electrons. The van der Waals surface area contributed by atoms with E-state index in [1.807, 2.05) is 0 Å². The van der Waals surface area contributed by atoms with Gasteiger partial charge < -0.3 is 5.11 Å². The standard InChI is InChI=1S/C9H8.C3H6O/c1-2-5-9-7-3-6-8(9)4-1;1-3(2)4/h1-6H,7H2;4H,1H2,2H3/p-1. The topological polar surface area (TPSA) is 23.1 Å². The second kappa shape index (κ2) is 4.51. The number of rotatable bonds is 0. The Kier molecular flexibility index (Phi) is 3.32. The molecule has 2 rings (SSSR count). The smallest absolute Gasteiger partial charge is 0.00882 e. The normalized spacial score (nSPS) is 11.5. The predicted molar refractivity (Wildman–Crippen MR) is 54.0 cm³/mol. The van der Waals surface area contributed by atoms with Gasteiger partial charge in [0.15, 0.2) is 0 Å². The highest BCUT2D eigenvalue weighted by atomic mass is 16.3. The molecular formula is C12H13O-. The molecule has 0 unspecified atom stereocenters. The van der Waals surface area contributed by atoms with Gasteiger partial charge in [0.05, 0.1) is 0 Å². The second-order valence-corrected chi connectivity index (χ2v) is 3.01. The first-order chi connectivity index (χ1) is 6.20.